The van der Waals surface area contributed by atoms with Crippen LogP contribution < -0.4 is 10.2 Å². The fraction of sp³-hybridized carbons (Fsp3) is 0.0769. The number of halogens is 1. The highest BCUT2D eigenvalue weighted by Gasteiger charge is 2.35. The Morgan fingerprint density at radius 2 is 1.55 bits per heavy atom. The summed E-state index contributed by atoms with van der Waals surface area (Å²) in [5.41, 5.74) is 1.46. The molecule has 1 atom stereocenters. The molecule has 2 heterocycles. The molecule has 0 fully saturated rings. The monoisotopic (exact) mass is 440 g/mol. The quantitative estimate of drug-likeness (QED) is 0.464. The van der Waals surface area contributed by atoms with Gasteiger partial charge in [-0.15, -0.1) is 0 Å². The Morgan fingerprint density at radius 3 is 2.24 bits per heavy atom. The predicted octanol–water partition coefficient (Wildman–Crippen LogP) is 4.32. The summed E-state index contributed by atoms with van der Waals surface area (Å²) in [4.78, 5) is 36.4. The summed E-state index contributed by atoms with van der Waals surface area (Å²) in [6.45, 7) is 0.254. The number of benzene rings is 2. The fourth-order valence-electron chi connectivity index (χ4n) is 3.47. The number of para-hydroxylation sites is 1. The van der Waals surface area contributed by atoms with E-state index >= 15 is 0 Å². The molecule has 2 amide bonds. The van der Waals surface area contributed by atoms with E-state index in [9.17, 15) is 14.0 Å². The first-order valence-electron chi connectivity index (χ1n) is 10.4. The van der Waals surface area contributed by atoms with Gasteiger partial charge in [-0.2, -0.15) is 0 Å². The second-order valence-electron chi connectivity index (χ2n) is 7.23. The SMILES string of the molecule is O=C(NCc1ccccc1)C(c1ccncc1)N(C(=O)c1ccccn1)c1ccccc1F. The molecular weight excluding hydrogens is 419 g/mol. The fourth-order valence-corrected chi connectivity index (χ4v) is 3.47. The van der Waals surface area contributed by atoms with Gasteiger partial charge in [0.1, 0.15) is 17.6 Å². The Hall–Kier alpha value is -4.39. The predicted molar refractivity (Wildman–Crippen MR) is 123 cm³/mol. The number of amides is 2. The topological polar surface area (TPSA) is 75.2 Å². The van der Waals surface area contributed by atoms with E-state index in [1.807, 2.05) is 30.3 Å². The average molecular weight is 440 g/mol. The van der Waals surface area contributed by atoms with Gasteiger partial charge in [0.05, 0.1) is 5.69 Å². The molecule has 0 radical (unpaired) electrons. The molecular formula is C26H21FN4O2. The molecule has 4 rings (SSSR count). The summed E-state index contributed by atoms with van der Waals surface area (Å²) in [6, 6.07) is 22.2. The van der Waals surface area contributed by atoms with Crippen LogP contribution >= 0.6 is 0 Å². The number of aromatic nitrogens is 2. The summed E-state index contributed by atoms with van der Waals surface area (Å²) in [5, 5.41) is 2.88. The summed E-state index contributed by atoms with van der Waals surface area (Å²) in [6.07, 6.45) is 4.53. The van der Waals surface area contributed by atoms with Crippen molar-refractivity contribution in [1.82, 2.24) is 15.3 Å². The molecule has 0 aliphatic carbocycles. The van der Waals surface area contributed by atoms with Crippen LogP contribution in [0.3, 0.4) is 0 Å². The van der Waals surface area contributed by atoms with E-state index in [1.54, 1.807) is 30.3 Å². The summed E-state index contributed by atoms with van der Waals surface area (Å²) < 4.78 is 14.9. The minimum Gasteiger partial charge on any atom is -0.350 e. The van der Waals surface area contributed by atoms with Crippen LogP contribution in [-0.4, -0.2) is 21.8 Å². The van der Waals surface area contributed by atoms with E-state index in [1.165, 1.54) is 42.9 Å². The summed E-state index contributed by atoms with van der Waals surface area (Å²) in [7, 11) is 0. The van der Waals surface area contributed by atoms with Gasteiger partial charge in [0.25, 0.3) is 5.91 Å². The lowest BCUT2D eigenvalue weighted by molar-refractivity contribution is -0.122. The van der Waals surface area contributed by atoms with Gasteiger partial charge in [0.2, 0.25) is 5.91 Å². The number of hydrogen-bond acceptors (Lipinski definition) is 4. The molecule has 0 aliphatic rings. The molecule has 4 aromatic rings. The molecule has 7 heteroatoms. The Morgan fingerprint density at radius 1 is 0.848 bits per heavy atom. The van der Waals surface area contributed by atoms with Crippen LogP contribution in [-0.2, 0) is 11.3 Å². The normalized spacial score (nSPS) is 11.4. The van der Waals surface area contributed by atoms with Crippen molar-refractivity contribution in [3.8, 4) is 0 Å². The standard InChI is InChI=1S/C26H21FN4O2/c27-21-10-4-5-12-23(21)31(26(33)22-11-6-7-15-29-22)24(20-13-16-28-17-14-20)25(32)30-18-19-8-2-1-3-9-19/h1-17,24H,18H2,(H,30,32). The zero-order valence-electron chi connectivity index (χ0n) is 17.6. The molecule has 0 aliphatic heterocycles. The molecule has 6 nitrogen and oxygen atoms in total. The van der Waals surface area contributed by atoms with Crippen molar-refractivity contribution in [2.75, 3.05) is 4.90 Å². The van der Waals surface area contributed by atoms with E-state index in [0.29, 0.717) is 5.56 Å². The molecule has 1 unspecified atom stereocenters. The van der Waals surface area contributed by atoms with E-state index in [0.717, 1.165) is 10.5 Å². The number of nitrogens with zero attached hydrogens (tertiary/aromatic N) is 3. The smallest absolute Gasteiger partial charge is 0.277 e. The highest BCUT2D eigenvalue weighted by molar-refractivity contribution is 6.09. The van der Waals surface area contributed by atoms with Crippen molar-refractivity contribution < 1.29 is 14.0 Å². The molecule has 2 aromatic carbocycles. The zero-order chi connectivity index (χ0) is 23.0. The number of carbonyl (C=O) groups excluding carboxylic acids is 2. The average Bonchev–Trinajstić information content (AvgIpc) is 2.88. The Balaban J connectivity index is 1.78. The van der Waals surface area contributed by atoms with Crippen LogP contribution in [0.2, 0.25) is 0 Å². The van der Waals surface area contributed by atoms with E-state index in [4.69, 9.17) is 0 Å². The largest absolute Gasteiger partial charge is 0.350 e. The van der Waals surface area contributed by atoms with Crippen LogP contribution in [0.15, 0.2) is 104 Å². The summed E-state index contributed by atoms with van der Waals surface area (Å²) in [5.74, 6) is -1.69. The third kappa shape index (κ3) is 5.10. The van der Waals surface area contributed by atoms with Crippen molar-refractivity contribution in [2.45, 2.75) is 12.6 Å². The Bertz CT molecular complexity index is 1220. The Labute approximate surface area is 190 Å². The van der Waals surface area contributed by atoms with Gasteiger partial charge in [-0.3, -0.25) is 24.5 Å². The maximum atomic E-state index is 14.9. The molecule has 33 heavy (non-hydrogen) atoms. The second kappa shape index (κ2) is 10.3. The number of nitrogens with one attached hydrogen (secondary N) is 1. The second-order valence-corrected chi connectivity index (χ2v) is 7.23. The first-order valence-corrected chi connectivity index (χ1v) is 10.4. The number of carbonyl (C=O) groups is 2. The molecule has 0 saturated heterocycles. The highest BCUT2D eigenvalue weighted by atomic mass is 19.1. The minimum absolute atomic E-state index is 0.0233. The molecule has 2 aromatic heterocycles. The van der Waals surface area contributed by atoms with Crippen molar-refractivity contribution in [1.29, 1.82) is 0 Å². The van der Waals surface area contributed by atoms with Crippen LogP contribution in [0.1, 0.15) is 27.7 Å². The third-order valence-corrected chi connectivity index (χ3v) is 5.05. The third-order valence-electron chi connectivity index (χ3n) is 5.05. The van der Waals surface area contributed by atoms with Crippen molar-refractivity contribution in [2.24, 2.45) is 0 Å². The maximum absolute atomic E-state index is 14.9. The van der Waals surface area contributed by atoms with Gasteiger partial charge in [0, 0.05) is 25.1 Å². The zero-order valence-corrected chi connectivity index (χ0v) is 17.6. The van der Waals surface area contributed by atoms with Crippen LogP contribution in [0, 0.1) is 5.82 Å². The van der Waals surface area contributed by atoms with E-state index < -0.39 is 23.7 Å². The van der Waals surface area contributed by atoms with Gasteiger partial charge in [-0.1, -0.05) is 48.5 Å². The number of anilines is 1. The number of rotatable bonds is 7. The number of hydrogen-bond donors (Lipinski definition) is 1. The lowest BCUT2D eigenvalue weighted by atomic mass is 10.0. The molecule has 0 bridgehead atoms. The van der Waals surface area contributed by atoms with Gasteiger partial charge < -0.3 is 5.32 Å². The van der Waals surface area contributed by atoms with E-state index in [-0.39, 0.29) is 17.9 Å². The molecule has 164 valence electrons. The van der Waals surface area contributed by atoms with E-state index in [2.05, 4.69) is 15.3 Å². The van der Waals surface area contributed by atoms with Gasteiger partial charge in [0.15, 0.2) is 0 Å². The van der Waals surface area contributed by atoms with Gasteiger partial charge in [-0.25, -0.2) is 4.39 Å². The lowest BCUT2D eigenvalue weighted by Crippen LogP contribution is -2.44. The first kappa shape index (κ1) is 21.8. The van der Waals surface area contributed by atoms with Gasteiger partial charge >= 0.3 is 0 Å². The van der Waals surface area contributed by atoms with Crippen molar-refractivity contribution in [3.63, 3.8) is 0 Å². The molecule has 0 spiro atoms. The van der Waals surface area contributed by atoms with Crippen molar-refractivity contribution in [3.05, 3.63) is 126 Å². The van der Waals surface area contributed by atoms with Crippen LogP contribution in [0.4, 0.5) is 10.1 Å². The van der Waals surface area contributed by atoms with Crippen molar-refractivity contribution >= 4 is 17.5 Å². The van der Waals surface area contributed by atoms with Crippen LogP contribution in [0.5, 0.6) is 0 Å². The lowest BCUT2D eigenvalue weighted by Gasteiger charge is -2.31. The minimum atomic E-state index is -1.15. The van der Waals surface area contributed by atoms with Crippen LogP contribution in [0.25, 0.3) is 0 Å². The van der Waals surface area contributed by atoms with Gasteiger partial charge in [-0.05, 0) is 47.5 Å². The number of pyridine rings is 2. The Kier molecular flexibility index (Phi) is 6.80. The highest BCUT2D eigenvalue weighted by Crippen LogP contribution is 2.31. The molecule has 0 saturated carbocycles. The summed E-state index contributed by atoms with van der Waals surface area (Å²) >= 11 is 0. The first-order chi connectivity index (χ1) is 16.1. The maximum Gasteiger partial charge on any atom is 0.277 e. The molecule has 1 N–H and O–H groups in total.